The molecule has 1 aromatic heterocycles. The first-order valence-corrected chi connectivity index (χ1v) is 10.6. The van der Waals surface area contributed by atoms with Gasteiger partial charge in [0, 0.05) is 49.8 Å². The first-order chi connectivity index (χ1) is 13.9. The Labute approximate surface area is 170 Å². The molecule has 1 aromatic carbocycles. The molecule has 0 unspecified atom stereocenters. The Kier molecular flexibility index (Phi) is 5.34. The van der Waals surface area contributed by atoms with E-state index in [-0.39, 0.29) is 23.0 Å². The van der Waals surface area contributed by atoms with Crippen LogP contribution in [0.5, 0.6) is 0 Å². The number of aromatic nitrogens is 1. The largest absolute Gasteiger partial charge is 0.367 e. The molecule has 29 heavy (non-hydrogen) atoms. The quantitative estimate of drug-likeness (QED) is 0.839. The van der Waals surface area contributed by atoms with Crippen LogP contribution in [0.15, 0.2) is 23.1 Å². The van der Waals surface area contributed by atoms with E-state index >= 15 is 4.39 Å². The highest BCUT2D eigenvalue weighted by atomic mass is 19.1. The third kappa shape index (κ3) is 3.88. The molecule has 1 N–H and O–H groups in total. The highest BCUT2D eigenvalue weighted by Crippen LogP contribution is 2.38. The van der Waals surface area contributed by atoms with Gasteiger partial charge < -0.3 is 19.7 Å². The summed E-state index contributed by atoms with van der Waals surface area (Å²) < 4.78 is 17.0. The van der Waals surface area contributed by atoms with E-state index in [9.17, 15) is 9.59 Å². The molecule has 156 valence electrons. The molecule has 2 aromatic rings. The van der Waals surface area contributed by atoms with Gasteiger partial charge in [-0.2, -0.15) is 0 Å². The summed E-state index contributed by atoms with van der Waals surface area (Å²) in [4.78, 5) is 29.9. The molecule has 6 nitrogen and oxygen atoms in total. The van der Waals surface area contributed by atoms with Crippen molar-refractivity contribution in [1.29, 1.82) is 0 Å². The fraction of sp³-hybridized carbons (Fsp3) is 0.545. The normalized spacial score (nSPS) is 17.9. The summed E-state index contributed by atoms with van der Waals surface area (Å²) >= 11 is 0. The van der Waals surface area contributed by atoms with Crippen molar-refractivity contribution in [3.63, 3.8) is 0 Å². The first-order valence-electron chi connectivity index (χ1n) is 10.6. The summed E-state index contributed by atoms with van der Waals surface area (Å²) in [6.45, 7) is 10.2. The van der Waals surface area contributed by atoms with Crippen LogP contribution in [-0.2, 0) is 0 Å². The third-order valence-corrected chi connectivity index (χ3v) is 5.87. The van der Waals surface area contributed by atoms with Gasteiger partial charge in [-0.05, 0) is 45.4 Å². The van der Waals surface area contributed by atoms with Gasteiger partial charge >= 0.3 is 0 Å². The van der Waals surface area contributed by atoms with Crippen molar-refractivity contribution in [3.05, 3.63) is 39.9 Å². The lowest BCUT2D eigenvalue weighted by Gasteiger charge is -2.35. The van der Waals surface area contributed by atoms with E-state index < -0.39 is 17.2 Å². The molecule has 1 amide bonds. The molecule has 0 bridgehead atoms. The molecule has 0 radical (unpaired) electrons. The van der Waals surface area contributed by atoms with Gasteiger partial charge in [-0.3, -0.25) is 9.59 Å². The molecule has 2 aliphatic rings. The van der Waals surface area contributed by atoms with Gasteiger partial charge in [0.25, 0.3) is 5.91 Å². The van der Waals surface area contributed by atoms with Crippen molar-refractivity contribution in [2.45, 2.75) is 45.7 Å². The summed E-state index contributed by atoms with van der Waals surface area (Å²) in [6.07, 6.45) is 3.67. The van der Waals surface area contributed by atoms with Crippen molar-refractivity contribution < 1.29 is 9.18 Å². The Morgan fingerprint density at radius 2 is 1.90 bits per heavy atom. The van der Waals surface area contributed by atoms with Crippen LogP contribution in [0.25, 0.3) is 10.9 Å². The van der Waals surface area contributed by atoms with Gasteiger partial charge in [0.2, 0.25) is 5.43 Å². The van der Waals surface area contributed by atoms with Gasteiger partial charge in [-0.1, -0.05) is 6.92 Å². The second-order valence-corrected chi connectivity index (χ2v) is 8.38. The van der Waals surface area contributed by atoms with Crippen LogP contribution in [0.2, 0.25) is 0 Å². The summed E-state index contributed by atoms with van der Waals surface area (Å²) in [5.41, 5.74) is 0.937. The lowest BCUT2D eigenvalue weighted by Crippen LogP contribution is -2.46. The predicted molar refractivity (Wildman–Crippen MR) is 113 cm³/mol. The van der Waals surface area contributed by atoms with E-state index in [0.29, 0.717) is 11.2 Å². The van der Waals surface area contributed by atoms with Crippen molar-refractivity contribution >= 4 is 22.5 Å². The van der Waals surface area contributed by atoms with E-state index in [1.54, 1.807) is 12.3 Å². The van der Waals surface area contributed by atoms with Gasteiger partial charge in [0.05, 0.1) is 11.2 Å². The molecule has 0 spiro atoms. The van der Waals surface area contributed by atoms with Gasteiger partial charge in [0.1, 0.15) is 11.4 Å². The van der Waals surface area contributed by atoms with E-state index in [1.807, 2.05) is 18.4 Å². The Balaban J connectivity index is 1.79. The number of nitrogens with one attached hydrogen (secondary N) is 1. The van der Waals surface area contributed by atoms with E-state index in [0.717, 1.165) is 45.6 Å². The zero-order chi connectivity index (χ0) is 20.7. The number of fused-ring (bicyclic) bond motifs is 1. The Morgan fingerprint density at radius 1 is 1.21 bits per heavy atom. The number of nitrogens with zero attached hydrogens (tertiary/aromatic N) is 3. The van der Waals surface area contributed by atoms with Gasteiger partial charge in [0.15, 0.2) is 0 Å². The Bertz CT molecular complexity index is 988. The summed E-state index contributed by atoms with van der Waals surface area (Å²) in [7, 11) is 0. The average Bonchev–Trinajstić information content (AvgIpc) is 3.53. The molecule has 1 aliphatic carbocycles. The second-order valence-electron chi connectivity index (χ2n) is 8.38. The highest BCUT2D eigenvalue weighted by molar-refractivity contribution is 5.98. The molecular weight excluding hydrogens is 371 g/mol. The number of piperazine rings is 1. The maximum Gasteiger partial charge on any atom is 0.256 e. The molecule has 0 atom stereocenters. The lowest BCUT2D eigenvalue weighted by molar-refractivity contribution is 0.0941. The smallest absolute Gasteiger partial charge is 0.256 e. The van der Waals surface area contributed by atoms with Crippen molar-refractivity contribution in [3.8, 4) is 0 Å². The van der Waals surface area contributed by atoms with Crippen LogP contribution in [0.1, 0.15) is 50.0 Å². The number of carbonyl (C=O) groups excluding carboxylic acids is 1. The van der Waals surface area contributed by atoms with E-state index in [2.05, 4.69) is 22.0 Å². The summed E-state index contributed by atoms with van der Waals surface area (Å²) in [5.74, 6) is -0.801. The molecule has 1 saturated heterocycles. The van der Waals surface area contributed by atoms with Crippen LogP contribution in [0.3, 0.4) is 0 Å². The maximum atomic E-state index is 15.1. The van der Waals surface area contributed by atoms with Crippen LogP contribution in [-0.4, -0.2) is 54.1 Å². The lowest BCUT2D eigenvalue weighted by atomic mass is 10.1. The fourth-order valence-electron chi connectivity index (χ4n) is 4.06. The number of hydrogen-bond acceptors (Lipinski definition) is 4. The Morgan fingerprint density at radius 3 is 2.48 bits per heavy atom. The zero-order valence-corrected chi connectivity index (χ0v) is 17.4. The summed E-state index contributed by atoms with van der Waals surface area (Å²) in [5, 5.41) is 3.06. The molecule has 2 heterocycles. The minimum atomic E-state index is -0.406. The van der Waals surface area contributed by atoms with Gasteiger partial charge in [-0.25, -0.2) is 4.39 Å². The minimum Gasteiger partial charge on any atom is -0.367 e. The number of halogens is 1. The number of likely N-dealkylation sites (N-methyl/N-ethyl adjacent to an activating group) is 1. The van der Waals surface area contributed by atoms with Gasteiger partial charge in [-0.15, -0.1) is 0 Å². The number of amides is 1. The maximum absolute atomic E-state index is 15.1. The molecule has 2 fully saturated rings. The number of carbonyl (C=O) groups is 1. The zero-order valence-electron chi connectivity index (χ0n) is 17.4. The van der Waals surface area contributed by atoms with E-state index in [1.165, 1.54) is 6.07 Å². The van der Waals surface area contributed by atoms with Crippen LogP contribution in [0.4, 0.5) is 10.1 Å². The SMILES string of the molecule is CCN1CCN(c2cc3c(cc2F)c(=O)c(C(=O)NC(C)C)cn3C2CC2)CC1. The third-order valence-electron chi connectivity index (χ3n) is 5.87. The molecule has 7 heteroatoms. The van der Waals surface area contributed by atoms with Crippen LogP contribution >= 0.6 is 0 Å². The number of hydrogen-bond donors (Lipinski definition) is 1. The second kappa shape index (κ2) is 7.78. The molecule has 1 saturated carbocycles. The number of benzene rings is 1. The number of pyridine rings is 1. The first kappa shape index (κ1) is 19.9. The highest BCUT2D eigenvalue weighted by Gasteiger charge is 2.28. The average molecular weight is 400 g/mol. The monoisotopic (exact) mass is 400 g/mol. The van der Waals surface area contributed by atoms with Crippen molar-refractivity contribution in [2.24, 2.45) is 0 Å². The van der Waals surface area contributed by atoms with Crippen LogP contribution in [0, 0.1) is 5.82 Å². The topological polar surface area (TPSA) is 57.6 Å². The standard InChI is InChI=1S/C22H29FN4O2/c1-4-25-7-9-26(10-8-25)20-12-19-16(11-18(20)23)21(28)17(22(29)24-14(2)3)13-27(19)15-5-6-15/h11-15H,4-10H2,1-3H3,(H,24,29). The summed E-state index contributed by atoms with van der Waals surface area (Å²) in [6, 6.07) is 3.31. The minimum absolute atomic E-state index is 0.0760. The predicted octanol–water partition coefficient (Wildman–Crippen LogP) is 2.76. The Hall–Kier alpha value is -2.41. The van der Waals surface area contributed by atoms with Crippen molar-refractivity contribution in [2.75, 3.05) is 37.6 Å². The number of anilines is 1. The van der Waals surface area contributed by atoms with E-state index in [4.69, 9.17) is 0 Å². The molecular formula is C22H29FN4O2. The number of rotatable bonds is 5. The van der Waals surface area contributed by atoms with Crippen molar-refractivity contribution in [1.82, 2.24) is 14.8 Å². The fourth-order valence-corrected chi connectivity index (χ4v) is 4.06. The molecule has 1 aliphatic heterocycles. The van der Waals surface area contributed by atoms with Crippen LogP contribution < -0.4 is 15.6 Å². The molecule has 4 rings (SSSR count).